The van der Waals surface area contributed by atoms with Crippen molar-refractivity contribution < 1.29 is 4.74 Å². The highest BCUT2D eigenvalue weighted by molar-refractivity contribution is 5.35. The predicted octanol–water partition coefficient (Wildman–Crippen LogP) is 1.45. The van der Waals surface area contributed by atoms with E-state index >= 15 is 0 Å². The van der Waals surface area contributed by atoms with Gasteiger partial charge in [-0.25, -0.2) is 0 Å². The van der Waals surface area contributed by atoms with Crippen LogP contribution in [-0.4, -0.2) is 19.7 Å². The third-order valence-corrected chi connectivity index (χ3v) is 3.26. The van der Waals surface area contributed by atoms with Crippen molar-refractivity contribution in [1.82, 2.24) is 5.32 Å². The Labute approximate surface area is 84.3 Å². The Morgan fingerprint density at radius 3 is 2.93 bits per heavy atom. The van der Waals surface area contributed by atoms with E-state index < -0.39 is 0 Å². The largest absolute Gasteiger partial charge is 0.376 e. The minimum absolute atomic E-state index is 0.753. The molecule has 0 saturated carbocycles. The zero-order chi connectivity index (χ0) is 9.38. The molecule has 2 aliphatic heterocycles. The summed E-state index contributed by atoms with van der Waals surface area (Å²) in [6.45, 7) is 3.99. The van der Waals surface area contributed by atoms with E-state index in [4.69, 9.17) is 4.74 Å². The maximum Gasteiger partial charge on any atom is 0.0719 e. The lowest BCUT2D eigenvalue weighted by Gasteiger charge is -2.29. The third kappa shape index (κ3) is 1.35. The van der Waals surface area contributed by atoms with E-state index in [9.17, 15) is 0 Å². The zero-order valence-corrected chi connectivity index (χ0v) is 8.25. The summed E-state index contributed by atoms with van der Waals surface area (Å²) in [5.74, 6) is 0.753. The Morgan fingerprint density at radius 1 is 1.21 bits per heavy atom. The molecule has 0 bridgehead atoms. The Bertz CT molecular complexity index is 344. The number of hydrogen-bond donors (Lipinski definition) is 1. The molecule has 0 radical (unpaired) electrons. The third-order valence-electron chi connectivity index (χ3n) is 3.26. The van der Waals surface area contributed by atoms with Crippen LogP contribution in [0.5, 0.6) is 0 Å². The van der Waals surface area contributed by atoms with Crippen LogP contribution in [0.3, 0.4) is 0 Å². The van der Waals surface area contributed by atoms with Gasteiger partial charge in [0.2, 0.25) is 0 Å². The lowest BCUT2D eigenvalue weighted by Crippen LogP contribution is -2.39. The molecule has 2 heterocycles. The molecule has 0 atom stereocenters. The fourth-order valence-corrected chi connectivity index (χ4v) is 2.16. The number of benzene rings is 1. The van der Waals surface area contributed by atoms with Gasteiger partial charge in [0.05, 0.1) is 13.2 Å². The van der Waals surface area contributed by atoms with E-state index in [-0.39, 0.29) is 0 Å². The van der Waals surface area contributed by atoms with E-state index in [1.54, 1.807) is 0 Å². The van der Waals surface area contributed by atoms with Crippen LogP contribution in [0.15, 0.2) is 18.2 Å². The van der Waals surface area contributed by atoms with Crippen molar-refractivity contribution >= 4 is 0 Å². The number of hydrogen-bond acceptors (Lipinski definition) is 2. The number of fused-ring (bicyclic) bond motifs is 1. The van der Waals surface area contributed by atoms with E-state index in [1.165, 1.54) is 16.7 Å². The first-order chi connectivity index (χ1) is 6.93. The van der Waals surface area contributed by atoms with Gasteiger partial charge in [0.15, 0.2) is 0 Å². The fourth-order valence-electron chi connectivity index (χ4n) is 2.16. The SMILES string of the molecule is c1cc2c(cc1C1CNC1)CCOC2. The second kappa shape index (κ2) is 3.37. The zero-order valence-electron chi connectivity index (χ0n) is 8.25. The highest BCUT2D eigenvalue weighted by Crippen LogP contribution is 2.25. The average molecular weight is 189 g/mol. The molecule has 0 aliphatic carbocycles. The van der Waals surface area contributed by atoms with Gasteiger partial charge < -0.3 is 10.1 Å². The highest BCUT2D eigenvalue weighted by atomic mass is 16.5. The van der Waals surface area contributed by atoms with Crippen LogP contribution in [0.4, 0.5) is 0 Å². The molecule has 2 nitrogen and oxygen atoms in total. The summed E-state index contributed by atoms with van der Waals surface area (Å²) in [6, 6.07) is 6.88. The maximum absolute atomic E-state index is 5.42. The first-order valence-electron chi connectivity index (χ1n) is 5.33. The molecule has 1 saturated heterocycles. The molecule has 0 aromatic heterocycles. The molecule has 0 unspecified atom stereocenters. The molecule has 2 heteroatoms. The van der Waals surface area contributed by atoms with Crippen molar-refractivity contribution in [2.24, 2.45) is 0 Å². The van der Waals surface area contributed by atoms with Crippen LogP contribution in [-0.2, 0) is 17.8 Å². The van der Waals surface area contributed by atoms with E-state index in [2.05, 4.69) is 23.5 Å². The monoisotopic (exact) mass is 189 g/mol. The van der Waals surface area contributed by atoms with Gasteiger partial charge >= 0.3 is 0 Å². The molecule has 1 N–H and O–H groups in total. The molecule has 14 heavy (non-hydrogen) atoms. The second-order valence-corrected chi connectivity index (χ2v) is 4.19. The van der Waals surface area contributed by atoms with Crippen LogP contribution >= 0.6 is 0 Å². The molecular weight excluding hydrogens is 174 g/mol. The fraction of sp³-hybridized carbons (Fsp3) is 0.500. The van der Waals surface area contributed by atoms with Crippen LogP contribution < -0.4 is 5.32 Å². The molecular formula is C12H15NO. The standard InChI is InChI=1S/C12H15NO/c1-2-11-8-14-4-3-10(11)5-9(1)12-6-13-7-12/h1-2,5,12-13H,3-4,6-8H2. The number of ether oxygens (including phenoxy) is 1. The minimum atomic E-state index is 0.753. The van der Waals surface area contributed by atoms with Crippen molar-refractivity contribution in [3.63, 3.8) is 0 Å². The maximum atomic E-state index is 5.42. The summed E-state index contributed by atoms with van der Waals surface area (Å²) in [5.41, 5.74) is 4.39. The van der Waals surface area contributed by atoms with Crippen molar-refractivity contribution in [2.45, 2.75) is 18.9 Å². The Balaban J connectivity index is 1.92. The summed E-state index contributed by atoms with van der Waals surface area (Å²) >= 11 is 0. The summed E-state index contributed by atoms with van der Waals surface area (Å²) in [6.07, 6.45) is 1.09. The lowest BCUT2D eigenvalue weighted by atomic mass is 9.90. The summed E-state index contributed by atoms with van der Waals surface area (Å²) in [5, 5.41) is 3.32. The van der Waals surface area contributed by atoms with Gasteiger partial charge in [-0.3, -0.25) is 0 Å². The van der Waals surface area contributed by atoms with Gasteiger partial charge in [0, 0.05) is 19.0 Å². The second-order valence-electron chi connectivity index (χ2n) is 4.19. The Kier molecular flexibility index (Phi) is 2.03. The van der Waals surface area contributed by atoms with E-state index in [0.717, 1.165) is 38.6 Å². The predicted molar refractivity (Wildman–Crippen MR) is 55.4 cm³/mol. The van der Waals surface area contributed by atoms with Crippen LogP contribution in [0.2, 0.25) is 0 Å². The van der Waals surface area contributed by atoms with Crippen molar-refractivity contribution in [3.8, 4) is 0 Å². The molecule has 1 aromatic rings. The van der Waals surface area contributed by atoms with Gasteiger partial charge in [0.1, 0.15) is 0 Å². The van der Waals surface area contributed by atoms with Gasteiger partial charge in [-0.2, -0.15) is 0 Å². The quantitative estimate of drug-likeness (QED) is 0.722. The molecule has 0 amide bonds. The van der Waals surface area contributed by atoms with Crippen LogP contribution in [0, 0.1) is 0 Å². The van der Waals surface area contributed by atoms with Crippen molar-refractivity contribution in [2.75, 3.05) is 19.7 Å². The molecule has 2 aliphatic rings. The van der Waals surface area contributed by atoms with Crippen LogP contribution in [0.1, 0.15) is 22.6 Å². The van der Waals surface area contributed by atoms with Gasteiger partial charge in [0.25, 0.3) is 0 Å². The smallest absolute Gasteiger partial charge is 0.0719 e. The Hall–Kier alpha value is -0.860. The van der Waals surface area contributed by atoms with Gasteiger partial charge in [-0.15, -0.1) is 0 Å². The minimum Gasteiger partial charge on any atom is -0.376 e. The normalized spacial score (nSPS) is 21.4. The summed E-state index contributed by atoms with van der Waals surface area (Å²) in [4.78, 5) is 0. The van der Waals surface area contributed by atoms with E-state index in [0.29, 0.717) is 0 Å². The highest BCUT2D eigenvalue weighted by Gasteiger charge is 2.20. The van der Waals surface area contributed by atoms with Gasteiger partial charge in [-0.1, -0.05) is 18.2 Å². The van der Waals surface area contributed by atoms with Crippen LogP contribution in [0.25, 0.3) is 0 Å². The molecule has 0 spiro atoms. The first kappa shape index (κ1) is 8.45. The van der Waals surface area contributed by atoms with E-state index in [1.807, 2.05) is 0 Å². The molecule has 74 valence electrons. The summed E-state index contributed by atoms with van der Waals surface area (Å²) < 4.78 is 5.42. The average Bonchev–Trinajstić information content (AvgIpc) is 2.15. The molecule has 1 aromatic carbocycles. The molecule has 1 fully saturated rings. The first-order valence-corrected chi connectivity index (χ1v) is 5.33. The summed E-state index contributed by atoms with van der Waals surface area (Å²) in [7, 11) is 0. The number of nitrogens with one attached hydrogen (secondary N) is 1. The van der Waals surface area contributed by atoms with Crippen molar-refractivity contribution in [1.29, 1.82) is 0 Å². The lowest BCUT2D eigenvalue weighted by molar-refractivity contribution is 0.110. The Morgan fingerprint density at radius 2 is 2.14 bits per heavy atom. The molecule has 3 rings (SSSR count). The number of rotatable bonds is 1. The topological polar surface area (TPSA) is 21.3 Å². The van der Waals surface area contributed by atoms with Gasteiger partial charge in [-0.05, 0) is 23.1 Å². The van der Waals surface area contributed by atoms with Crippen molar-refractivity contribution in [3.05, 3.63) is 34.9 Å².